The first kappa shape index (κ1) is 15.9. The van der Waals surface area contributed by atoms with Crippen molar-refractivity contribution in [3.05, 3.63) is 0 Å². The highest BCUT2D eigenvalue weighted by molar-refractivity contribution is 7.92. The smallest absolute Gasteiger partial charge is 0.307 e. The molecule has 19 heavy (non-hydrogen) atoms. The molecule has 0 bridgehead atoms. The fourth-order valence-electron chi connectivity index (χ4n) is 2.19. The molecule has 7 heteroatoms. The van der Waals surface area contributed by atoms with Crippen LogP contribution < -0.4 is 0 Å². The molecule has 6 nitrogen and oxygen atoms in total. The van der Waals surface area contributed by atoms with Crippen LogP contribution in [-0.2, 0) is 24.2 Å². The number of amides is 1. The number of sulfone groups is 1. The average molecular weight is 291 g/mol. The van der Waals surface area contributed by atoms with E-state index in [1.807, 2.05) is 0 Å². The topological polar surface area (TPSA) is 80.8 Å². The van der Waals surface area contributed by atoms with E-state index in [1.54, 1.807) is 6.92 Å². The van der Waals surface area contributed by atoms with Gasteiger partial charge in [0.1, 0.15) is 5.25 Å². The molecule has 0 N–H and O–H groups in total. The van der Waals surface area contributed by atoms with E-state index in [2.05, 4.69) is 4.74 Å². The van der Waals surface area contributed by atoms with Crippen molar-refractivity contribution in [2.75, 3.05) is 26.0 Å². The molecule has 1 aliphatic rings. The summed E-state index contributed by atoms with van der Waals surface area (Å²) in [5.41, 5.74) is 0. The second-order valence-electron chi connectivity index (χ2n) is 4.60. The Labute approximate surface area is 114 Å². The van der Waals surface area contributed by atoms with Crippen molar-refractivity contribution < 1.29 is 22.7 Å². The number of rotatable bonds is 5. The Bertz CT molecular complexity index is 431. The maximum absolute atomic E-state index is 12.2. The standard InChI is InChI=1S/C12H21NO5S/c1-3-13(8-7-11(14)18-2)12(15)10-6-4-5-9-19(10,16)17/h10H,3-9H2,1-2H3. The van der Waals surface area contributed by atoms with Gasteiger partial charge >= 0.3 is 5.97 Å². The first-order chi connectivity index (χ1) is 8.92. The molecule has 1 heterocycles. The first-order valence-electron chi connectivity index (χ1n) is 6.49. The van der Waals surface area contributed by atoms with Crippen molar-refractivity contribution >= 4 is 21.7 Å². The minimum absolute atomic E-state index is 0.0813. The van der Waals surface area contributed by atoms with Gasteiger partial charge in [-0.05, 0) is 19.8 Å². The predicted molar refractivity (Wildman–Crippen MR) is 70.3 cm³/mol. The molecule has 0 aromatic rings. The van der Waals surface area contributed by atoms with Gasteiger partial charge in [0.05, 0.1) is 19.3 Å². The molecule has 0 aromatic heterocycles. The van der Waals surface area contributed by atoms with Crippen LogP contribution in [0.2, 0.25) is 0 Å². The van der Waals surface area contributed by atoms with Crippen LogP contribution in [0.25, 0.3) is 0 Å². The van der Waals surface area contributed by atoms with Gasteiger partial charge in [0.2, 0.25) is 5.91 Å². The van der Waals surface area contributed by atoms with E-state index in [-0.39, 0.29) is 24.6 Å². The van der Waals surface area contributed by atoms with Crippen molar-refractivity contribution in [1.29, 1.82) is 0 Å². The molecule has 1 aliphatic heterocycles. The van der Waals surface area contributed by atoms with Gasteiger partial charge in [0.25, 0.3) is 0 Å². The molecule has 1 atom stereocenters. The van der Waals surface area contributed by atoms with Crippen LogP contribution >= 0.6 is 0 Å². The van der Waals surface area contributed by atoms with E-state index in [0.29, 0.717) is 19.4 Å². The monoisotopic (exact) mass is 291 g/mol. The van der Waals surface area contributed by atoms with Crippen LogP contribution in [-0.4, -0.2) is 56.4 Å². The van der Waals surface area contributed by atoms with E-state index < -0.39 is 21.1 Å². The molecule has 1 fully saturated rings. The molecule has 1 saturated heterocycles. The molecule has 1 rings (SSSR count). The lowest BCUT2D eigenvalue weighted by atomic mass is 10.1. The van der Waals surface area contributed by atoms with Gasteiger partial charge in [-0.15, -0.1) is 0 Å². The molecule has 0 aromatic carbocycles. The Kier molecular flexibility index (Phi) is 5.78. The lowest BCUT2D eigenvalue weighted by molar-refractivity contribution is -0.141. The molecule has 0 spiro atoms. The van der Waals surface area contributed by atoms with Crippen LogP contribution in [0.5, 0.6) is 0 Å². The number of hydrogen-bond donors (Lipinski definition) is 0. The summed E-state index contributed by atoms with van der Waals surface area (Å²) in [6.07, 6.45) is 1.85. The summed E-state index contributed by atoms with van der Waals surface area (Å²) in [7, 11) is -2.05. The maximum atomic E-state index is 12.2. The summed E-state index contributed by atoms with van der Waals surface area (Å²) in [5.74, 6) is -0.707. The average Bonchev–Trinajstić information content (AvgIpc) is 2.38. The lowest BCUT2D eigenvalue weighted by Crippen LogP contribution is -2.46. The fraction of sp³-hybridized carbons (Fsp3) is 0.833. The second-order valence-corrected chi connectivity index (χ2v) is 6.90. The Hall–Kier alpha value is -1.11. The third-order valence-corrected chi connectivity index (χ3v) is 5.52. The van der Waals surface area contributed by atoms with Crippen molar-refractivity contribution in [1.82, 2.24) is 4.90 Å². The highest BCUT2D eigenvalue weighted by Gasteiger charge is 2.37. The summed E-state index contributed by atoms with van der Waals surface area (Å²) in [4.78, 5) is 24.7. The Morgan fingerprint density at radius 1 is 1.32 bits per heavy atom. The largest absolute Gasteiger partial charge is 0.469 e. The summed E-state index contributed by atoms with van der Waals surface area (Å²) >= 11 is 0. The predicted octanol–water partition coefficient (Wildman–Crippen LogP) is 0.365. The molecule has 0 saturated carbocycles. The lowest BCUT2D eigenvalue weighted by Gasteiger charge is -2.28. The maximum Gasteiger partial charge on any atom is 0.307 e. The fourth-order valence-corrected chi connectivity index (χ4v) is 4.06. The van der Waals surface area contributed by atoms with Crippen LogP contribution in [0.4, 0.5) is 0 Å². The SMILES string of the molecule is CCN(CCC(=O)OC)C(=O)C1CCCCS1(=O)=O. The van der Waals surface area contributed by atoms with Gasteiger partial charge in [-0.25, -0.2) is 8.42 Å². The molecule has 1 amide bonds. The first-order valence-corrected chi connectivity index (χ1v) is 8.21. The van der Waals surface area contributed by atoms with Crippen molar-refractivity contribution in [2.45, 2.75) is 37.9 Å². The molecule has 0 radical (unpaired) electrons. The van der Waals surface area contributed by atoms with Crippen LogP contribution in [0.3, 0.4) is 0 Å². The van der Waals surface area contributed by atoms with Gasteiger partial charge in [-0.2, -0.15) is 0 Å². The van der Waals surface area contributed by atoms with E-state index in [1.165, 1.54) is 12.0 Å². The zero-order chi connectivity index (χ0) is 14.5. The minimum Gasteiger partial charge on any atom is -0.469 e. The third kappa shape index (κ3) is 4.19. The second kappa shape index (κ2) is 6.88. The number of nitrogens with zero attached hydrogens (tertiary/aromatic N) is 1. The van der Waals surface area contributed by atoms with Crippen molar-refractivity contribution in [3.8, 4) is 0 Å². The Morgan fingerprint density at radius 3 is 2.53 bits per heavy atom. The van der Waals surface area contributed by atoms with Crippen LogP contribution in [0.1, 0.15) is 32.6 Å². The van der Waals surface area contributed by atoms with Crippen molar-refractivity contribution in [2.24, 2.45) is 0 Å². The Morgan fingerprint density at radius 2 is 2.00 bits per heavy atom. The summed E-state index contributed by atoms with van der Waals surface area (Å²) in [6, 6.07) is 0. The Balaban J connectivity index is 2.69. The zero-order valence-electron chi connectivity index (χ0n) is 11.4. The number of ether oxygens (including phenoxy) is 1. The number of hydrogen-bond acceptors (Lipinski definition) is 5. The number of carbonyl (C=O) groups is 2. The summed E-state index contributed by atoms with van der Waals surface area (Å²) in [6.45, 7) is 2.36. The van der Waals surface area contributed by atoms with Crippen molar-refractivity contribution in [3.63, 3.8) is 0 Å². The quantitative estimate of drug-likeness (QED) is 0.683. The van der Waals surface area contributed by atoms with Crippen LogP contribution in [0, 0.1) is 0 Å². The minimum atomic E-state index is -3.33. The highest BCUT2D eigenvalue weighted by Crippen LogP contribution is 2.21. The van der Waals surface area contributed by atoms with Gasteiger partial charge in [0.15, 0.2) is 9.84 Å². The molecule has 110 valence electrons. The van der Waals surface area contributed by atoms with Gasteiger partial charge in [-0.3, -0.25) is 9.59 Å². The highest BCUT2D eigenvalue weighted by atomic mass is 32.2. The van der Waals surface area contributed by atoms with E-state index >= 15 is 0 Å². The number of methoxy groups -OCH3 is 1. The third-order valence-electron chi connectivity index (χ3n) is 3.36. The number of esters is 1. The van der Waals surface area contributed by atoms with E-state index in [4.69, 9.17) is 0 Å². The normalized spacial score (nSPS) is 21.7. The molecular weight excluding hydrogens is 270 g/mol. The summed E-state index contributed by atoms with van der Waals surface area (Å²) < 4.78 is 28.3. The van der Waals surface area contributed by atoms with Gasteiger partial charge in [0, 0.05) is 13.1 Å². The van der Waals surface area contributed by atoms with E-state index in [9.17, 15) is 18.0 Å². The molecular formula is C12H21NO5S. The molecule has 0 aliphatic carbocycles. The zero-order valence-corrected chi connectivity index (χ0v) is 12.2. The van der Waals surface area contributed by atoms with E-state index in [0.717, 1.165) is 6.42 Å². The van der Waals surface area contributed by atoms with Gasteiger partial charge < -0.3 is 9.64 Å². The summed E-state index contributed by atoms with van der Waals surface area (Å²) in [5, 5.41) is -0.932. The van der Waals surface area contributed by atoms with Gasteiger partial charge in [-0.1, -0.05) is 6.42 Å². The number of carbonyl (C=O) groups excluding carboxylic acids is 2. The molecule has 1 unspecified atom stereocenters. The van der Waals surface area contributed by atoms with Crippen LogP contribution in [0.15, 0.2) is 0 Å².